The Morgan fingerprint density at radius 2 is 2.05 bits per heavy atom. The number of nitrogens with one attached hydrogen (secondary N) is 1. The number of carbonyl (C=O) groups is 2. The van der Waals surface area contributed by atoms with Crippen LogP contribution in [0.5, 0.6) is 0 Å². The molecule has 0 unspecified atom stereocenters. The molecule has 6 nitrogen and oxygen atoms in total. The molecule has 0 aliphatic rings. The molecule has 0 aliphatic carbocycles. The van der Waals surface area contributed by atoms with Gasteiger partial charge < -0.3 is 10.1 Å². The van der Waals surface area contributed by atoms with Gasteiger partial charge in [-0.25, -0.2) is 14.8 Å². The van der Waals surface area contributed by atoms with E-state index < -0.39 is 5.97 Å². The summed E-state index contributed by atoms with van der Waals surface area (Å²) < 4.78 is 4.96. The Labute approximate surface area is 119 Å². The fourth-order valence-corrected chi connectivity index (χ4v) is 2.45. The van der Waals surface area contributed by atoms with Crippen molar-refractivity contribution in [2.24, 2.45) is 0 Å². The van der Waals surface area contributed by atoms with Gasteiger partial charge in [0.2, 0.25) is 0 Å². The average Bonchev–Trinajstić information content (AvgIpc) is 2.81. The molecule has 2 rings (SSSR count). The van der Waals surface area contributed by atoms with E-state index in [0.717, 1.165) is 4.88 Å². The van der Waals surface area contributed by atoms with Crippen LogP contribution in [-0.4, -0.2) is 28.5 Å². The topological polar surface area (TPSA) is 81.2 Å². The molecule has 0 radical (unpaired) electrons. The van der Waals surface area contributed by atoms with Gasteiger partial charge in [0.1, 0.15) is 11.3 Å². The summed E-state index contributed by atoms with van der Waals surface area (Å²) in [6, 6.07) is 1.69. The summed E-state index contributed by atoms with van der Waals surface area (Å²) in [6.45, 7) is 3.87. The highest BCUT2D eigenvalue weighted by Crippen LogP contribution is 2.28. The molecule has 1 N–H and O–H groups in total. The number of ether oxygens (including phenoxy) is 1. The van der Waals surface area contributed by atoms with Crippen LogP contribution in [0.3, 0.4) is 0 Å². The SMILES string of the molecule is CCOC(=O)c1cc(C)sc1NC(=O)c1cncnc1. The molecule has 2 aromatic heterocycles. The lowest BCUT2D eigenvalue weighted by molar-refractivity contribution is 0.0528. The van der Waals surface area contributed by atoms with Crippen molar-refractivity contribution in [1.29, 1.82) is 0 Å². The number of hydrogen-bond donors (Lipinski definition) is 1. The zero-order valence-electron chi connectivity index (χ0n) is 11.0. The van der Waals surface area contributed by atoms with E-state index in [0.29, 0.717) is 16.1 Å². The van der Waals surface area contributed by atoms with E-state index >= 15 is 0 Å². The van der Waals surface area contributed by atoms with Crippen LogP contribution in [0, 0.1) is 6.92 Å². The van der Waals surface area contributed by atoms with Gasteiger partial charge in [-0.2, -0.15) is 0 Å². The third-order valence-corrected chi connectivity index (χ3v) is 3.37. The van der Waals surface area contributed by atoms with E-state index in [-0.39, 0.29) is 12.5 Å². The highest BCUT2D eigenvalue weighted by Gasteiger charge is 2.18. The standard InChI is InChI=1S/C13H13N3O3S/c1-3-19-13(18)10-4-8(2)20-12(10)16-11(17)9-5-14-7-15-6-9/h4-7H,3H2,1-2H3,(H,16,17). The van der Waals surface area contributed by atoms with Crippen LogP contribution >= 0.6 is 11.3 Å². The number of thiophene rings is 1. The summed E-state index contributed by atoms with van der Waals surface area (Å²) in [7, 11) is 0. The van der Waals surface area contributed by atoms with Crippen LogP contribution in [-0.2, 0) is 4.74 Å². The smallest absolute Gasteiger partial charge is 0.341 e. The molecule has 0 fully saturated rings. The van der Waals surface area contributed by atoms with Crippen molar-refractivity contribution >= 4 is 28.2 Å². The largest absolute Gasteiger partial charge is 0.462 e. The first-order chi connectivity index (χ1) is 9.61. The molecule has 0 aromatic carbocycles. The van der Waals surface area contributed by atoms with Crippen molar-refractivity contribution in [3.05, 3.63) is 40.8 Å². The quantitative estimate of drug-likeness (QED) is 0.874. The molecular formula is C13H13N3O3S. The third-order valence-electron chi connectivity index (χ3n) is 2.40. The monoisotopic (exact) mass is 291 g/mol. The Hall–Kier alpha value is -2.28. The fraction of sp³-hybridized carbons (Fsp3) is 0.231. The highest BCUT2D eigenvalue weighted by atomic mass is 32.1. The summed E-state index contributed by atoms with van der Waals surface area (Å²) in [5.41, 5.74) is 0.688. The van der Waals surface area contributed by atoms with Crippen molar-refractivity contribution in [2.45, 2.75) is 13.8 Å². The number of nitrogens with zero attached hydrogens (tertiary/aromatic N) is 2. The summed E-state index contributed by atoms with van der Waals surface area (Å²) in [5, 5.41) is 3.15. The van der Waals surface area contributed by atoms with Crippen molar-refractivity contribution in [3.8, 4) is 0 Å². The molecule has 0 saturated heterocycles. The number of rotatable bonds is 4. The molecule has 0 bridgehead atoms. The molecule has 2 heterocycles. The van der Waals surface area contributed by atoms with E-state index in [2.05, 4.69) is 15.3 Å². The Balaban J connectivity index is 2.21. The maximum Gasteiger partial charge on any atom is 0.341 e. The summed E-state index contributed by atoms with van der Waals surface area (Å²) >= 11 is 1.32. The lowest BCUT2D eigenvalue weighted by Crippen LogP contribution is -2.14. The second kappa shape index (κ2) is 6.25. The number of aryl methyl sites for hydroxylation is 1. The van der Waals surface area contributed by atoms with E-state index in [9.17, 15) is 9.59 Å². The first kappa shape index (κ1) is 14.1. The Kier molecular flexibility index (Phi) is 4.41. The second-order valence-electron chi connectivity index (χ2n) is 3.90. The average molecular weight is 291 g/mol. The summed E-state index contributed by atoms with van der Waals surface area (Å²) in [6.07, 6.45) is 4.16. The number of hydrogen-bond acceptors (Lipinski definition) is 6. The predicted octanol–water partition coefficient (Wildman–Crippen LogP) is 2.28. The van der Waals surface area contributed by atoms with Crippen LogP contribution in [0.15, 0.2) is 24.8 Å². The number of aromatic nitrogens is 2. The highest BCUT2D eigenvalue weighted by molar-refractivity contribution is 7.16. The van der Waals surface area contributed by atoms with Gasteiger partial charge in [0.05, 0.1) is 17.7 Å². The van der Waals surface area contributed by atoms with Gasteiger partial charge in [-0.3, -0.25) is 4.79 Å². The first-order valence-corrected chi connectivity index (χ1v) is 6.77. The fourth-order valence-electron chi connectivity index (χ4n) is 1.56. The van der Waals surface area contributed by atoms with Gasteiger partial charge >= 0.3 is 5.97 Å². The van der Waals surface area contributed by atoms with Crippen molar-refractivity contribution in [2.75, 3.05) is 11.9 Å². The van der Waals surface area contributed by atoms with Crippen LogP contribution in [0.2, 0.25) is 0 Å². The molecule has 1 amide bonds. The molecule has 104 valence electrons. The molecule has 0 saturated carbocycles. The van der Waals surface area contributed by atoms with Crippen LogP contribution in [0.1, 0.15) is 32.5 Å². The number of carbonyl (C=O) groups excluding carboxylic acids is 2. The van der Waals surface area contributed by atoms with Crippen molar-refractivity contribution in [1.82, 2.24) is 9.97 Å². The molecule has 0 spiro atoms. The first-order valence-electron chi connectivity index (χ1n) is 5.95. The molecule has 20 heavy (non-hydrogen) atoms. The minimum atomic E-state index is -0.448. The minimum absolute atomic E-state index is 0.285. The predicted molar refractivity (Wildman–Crippen MR) is 75.0 cm³/mol. The third kappa shape index (κ3) is 3.18. The van der Waals surface area contributed by atoms with E-state index in [1.54, 1.807) is 13.0 Å². The van der Waals surface area contributed by atoms with Crippen molar-refractivity contribution in [3.63, 3.8) is 0 Å². The van der Waals surface area contributed by atoms with E-state index in [1.165, 1.54) is 30.1 Å². The number of anilines is 1. The molecule has 7 heteroatoms. The summed E-state index contributed by atoms with van der Waals surface area (Å²) in [5.74, 6) is -0.811. The van der Waals surface area contributed by atoms with Gasteiger partial charge in [0, 0.05) is 17.3 Å². The molecule has 0 atom stereocenters. The Morgan fingerprint density at radius 3 is 2.70 bits per heavy atom. The maximum atomic E-state index is 12.0. The van der Waals surface area contributed by atoms with Crippen LogP contribution in [0.25, 0.3) is 0 Å². The second-order valence-corrected chi connectivity index (χ2v) is 5.16. The maximum absolute atomic E-state index is 12.0. The summed E-state index contributed by atoms with van der Waals surface area (Å²) in [4.78, 5) is 32.3. The van der Waals surface area contributed by atoms with E-state index in [1.807, 2.05) is 6.92 Å². The zero-order valence-corrected chi connectivity index (χ0v) is 11.9. The van der Waals surface area contributed by atoms with Gasteiger partial charge in [0.25, 0.3) is 5.91 Å². The molecular weight excluding hydrogens is 278 g/mol. The zero-order chi connectivity index (χ0) is 14.5. The number of amides is 1. The Bertz CT molecular complexity index is 625. The normalized spacial score (nSPS) is 10.1. The van der Waals surface area contributed by atoms with Crippen LogP contribution < -0.4 is 5.32 Å². The van der Waals surface area contributed by atoms with Gasteiger partial charge in [-0.15, -0.1) is 11.3 Å². The number of esters is 1. The van der Waals surface area contributed by atoms with Gasteiger partial charge in [-0.05, 0) is 19.9 Å². The van der Waals surface area contributed by atoms with Gasteiger partial charge in [0.15, 0.2) is 0 Å². The van der Waals surface area contributed by atoms with Crippen molar-refractivity contribution < 1.29 is 14.3 Å². The lowest BCUT2D eigenvalue weighted by atomic mass is 10.2. The molecule has 0 aliphatic heterocycles. The Morgan fingerprint density at radius 1 is 1.35 bits per heavy atom. The lowest BCUT2D eigenvalue weighted by Gasteiger charge is -2.05. The van der Waals surface area contributed by atoms with E-state index in [4.69, 9.17) is 4.74 Å². The minimum Gasteiger partial charge on any atom is -0.462 e. The molecule has 2 aromatic rings. The van der Waals surface area contributed by atoms with Gasteiger partial charge in [-0.1, -0.05) is 0 Å². The van der Waals surface area contributed by atoms with Crippen LogP contribution in [0.4, 0.5) is 5.00 Å².